The summed E-state index contributed by atoms with van der Waals surface area (Å²) in [5.74, 6) is -1.76. The summed E-state index contributed by atoms with van der Waals surface area (Å²) in [5, 5.41) is 0. The van der Waals surface area contributed by atoms with Gasteiger partial charge >= 0.3 is 12.1 Å². The third kappa shape index (κ3) is 12.1. The van der Waals surface area contributed by atoms with Crippen LogP contribution in [0.3, 0.4) is 0 Å². The van der Waals surface area contributed by atoms with E-state index in [-0.39, 0.29) is 18.1 Å². The van der Waals surface area contributed by atoms with E-state index >= 15 is 0 Å². The largest absolute Gasteiger partial charge is 0.508 e. The Labute approximate surface area is 218 Å². The van der Waals surface area contributed by atoms with E-state index in [0.29, 0.717) is 6.42 Å². The van der Waals surface area contributed by atoms with E-state index in [2.05, 4.69) is 6.58 Å². The van der Waals surface area contributed by atoms with E-state index in [0.717, 1.165) is 5.57 Å². The van der Waals surface area contributed by atoms with Crippen LogP contribution in [0.15, 0.2) is 12.2 Å². The first kappa shape index (κ1) is 33.0. The molecule has 198 valence electrons. The van der Waals surface area contributed by atoms with Gasteiger partial charge in [0.1, 0.15) is 24.1 Å². The second-order valence-corrected chi connectivity index (χ2v) is 12.8. The van der Waals surface area contributed by atoms with Crippen LogP contribution in [0.2, 0.25) is 0 Å². The maximum absolute atomic E-state index is 13.6. The molecule has 10 heteroatoms. The van der Waals surface area contributed by atoms with Crippen LogP contribution in [0.1, 0.15) is 68.2 Å². The molecule has 0 aromatic rings. The lowest BCUT2D eigenvalue weighted by molar-refractivity contribution is -0.161. The minimum Gasteiger partial charge on any atom is -0.460 e. The Balaban J connectivity index is 5.72. The summed E-state index contributed by atoms with van der Waals surface area (Å²) in [6.45, 7) is 17.4. The van der Waals surface area contributed by atoms with Gasteiger partial charge in [0.05, 0.1) is 23.9 Å². The van der Waals surface area contributed by atoms with Crippen molar-refractivity contribution in [3.05, 3.63) is 12.2 Å². The topological polar surface area (TPSA) is 88.1 Å². The third-order valence-electron chi connectivity index (χ3n) is 5.22. The molecule has 0 aromatic carbocycles. The van der Waals surface area contributed by atoms with Gasteiger partial charge in [0, 0.05) is 7.11 Å². The van der Waals surface area contributed by atoms with E-state index in [1.807, 2.05) is 13.8 Å². The fraction of sp³-hybridized carbons (Fsp3) is 0.792. The lowest BCUT2D eigenvalue weighted by Gasteiger charge is -2.37. The molecule has 0 saturated heterocycles. The zero-order chi connectivity index (χ0) is 27.1. The number of carbonyl (C=O) groups is 3. The minimum absolute atomic E-state index is 0.114. The molecule has 0 fully saturated rings. The smallest absolute Gasteiger partial charge is 0.460 e. The van der Waals surface area contributed by atoms with Crippen LogP contribution >= 0.6 is 34.8 Å². The van der Waals surface area contributed by atoms with Gasteiger partial charge < -0.3 is 18.9 Å². The molecule has 0 spiro atoms. The van der Waals surface area contributed by atoms with Gasteiger partial charge in [0.2, 0.25) is 3.79 Å². The number of Topliss-reactive ketones (excluding diaryl/α,β-unsaturated/α-hetero) is 1. The Morgan fingerprint density at radius 2 is 1.50 bits per heavy atom. The van der Waals surface area contributed by atoms with Gasteiger partial charge in [-0.2, -0.15) is 0 Å². The van der Waals surface area contributed by atoms with Gasteiger partial charge in [-0.25, -0.2) is 4.79 Å². The first-order chi connectivity index (χ1) is 15.2. The van der Waals surface area contributed by atoms with E-state index in [1.165, 1.54) is 7.11 Å². The predicted octanol–water partition coefficient (Wildman–Crippen LogP) is 6.46. The summed E-state index contributed by atoms with van der Waals surface area (Å²) in [5.41, 5.74) is -0.910. The predicted molar refractivity (Wildman–Crippen MR) is 134 cm³/mol. The average molecular weight is 546 g/mol. The molecule has 0 aromatic heterocycles. The normalized spacial score (nSPS) is 16.1. The quantitative estimate of drug-likeness (QED) is 0.158. The average Bonchev–Trinajstić information content (AvgIpc) is 2.64. The lowest BCUT2D eigenvalue weighted by Crippen LogP contribution is -2.47. The summed E-state index contributed by atoms with van der Waals surface area (Å²) in [7, 11) is 1.43. The number of ketones is 1. The van der Waals surface area contributed by atoms with Crippen LogP contribution < -0.4 is 0 Å². The second-order valence-electron chi connectivity index (χ2n) is 10.3. The molecule has 0 aliphatic carbocycles. The zero-order valence-electron chi connectivity index (χ0n) is 21.6. The van der Waals surface area contributed by atoms with Crippen LogP contribution in [-0.4, -0.2) is 53.2 Å². The van der Waals surface area contributed by atoms with Gasteiger partial charge in [-0.15, -0.1) is 6.58 Å². The fourth-order valence-electron chi connectivity index (χ4n) is 3.73. The molecular formula is C24H39Cl3O7. The van der Waals surface area contributed by atoms with Crippen LogP contribution in [0.5, 0.6) is 0 Å². The second kappa shape index (κ2) is 13.3. The molecule has 34 heavy (non-hydrogen) atoms. The molecule has 0 aliphatic heterocycles. The number of allylic oxidation sites excluding steroid dienone is 1. The number of hydrogen-bond donors (Lipinski definition) is 0. The van der Waals surface area contributed by atoms with Gasteiger partial charge in [-0.05, 0) is 40.0 Å². The van der Waals surface area contributed by atoms with Crippen molar-refractivity contribution in [1.82, 2.24) is 0 Å². The van der Waals surface area contributed by atoms with Gasteiger partial charge in [0.25, 0.3) is 0 Å². The molecule has 0 radical (unpaired) electrons. The summed E-state index contributed by atoms with van der Waals surface area (Å²) in [6, 6.07) is 0. The van der Waals surface area contributed by atoms with Crippen LogP contribution in [-0.2, 0) is 28.5 Å². The standard InChI is InChI=1S/C24H39Cl3O7/c1-14(2)11-15(3)19(33-21(30)32-13-24(25,26)27)16(4)20(29)23(8,9)17(31-10)12-18(28)34-22(5,6)7/h15-17,19H,1,11-13H2,2-10H3/t15-,16+,17-,19-/m0/s1. The molecule has 7 nitrogen and oxygen atoms in total. The Morgan fingerprint density at radius 1 is 0.971 bits per heavy atom. The maximum Gasteiger partial charge on any atom is 0.508 e. The molecule has 0 unspecified atom stereocenters. The number of carbonyl (C=O) groups excluding carboxylic acids is 3. The number of ether oxygens (including phenoxy) is 4. The number of methoxy groups -OCH3 is 1. The minimum atomic E-state index is -1.80. The first-order valence-corrected chi connectivity index (χ1v) is 12.2. The molecule has 0 N–H and O–H groups in total. The molecule has 0 amide bonds. The van der Waals surface area contributed by atoms with Crippen molar-refractivity contribution < 1.29 is 33.3 Å². The molecule has 0 bridgehead atoms. The van der Waals surface area contributed by atoms with Crippen molar-refractivity contribution >= 4 is 52.7 Å². The van der Waals surface area contributed by atoms with E-state index in [1.54, 1.807) is 41.5 Å². The number of hydrogen-bond acceptors (Lipinski definition) is 7. The number of rotatable bonds is 12. The number of alkyl halides is 3. The summed E-state index contributed by atoms with van der Waals surface area (Å²) < 4.78 is 19.5. The van der Waals surface area contributed by atoms with Crippen LogP contribution in [0.4, 0.5) is 4.79 Å². The summed E-state index contributed by atoms with van der Waals surface area (Å²) in [4.78, 5) is 38.3. The van der Waals surface area contributed by atoms with Crippen molar-refractivity contribution in [2.45, 2.75) is 89.8 Å². The van der Waals surface area contributed by atoms with Gasteiger partial charge in [0.15, 0.2) is 0 Å². The van der Waals surface area contributed by atoms with Gasteiger partial charge in [-0.3, -0.25) is 9.59 Å². The molecule has 0 heterocycles. The summed E-state index contributed by atoms with van der Waals surface area (Å²) in [6.07, 6.45) is -2.28. The highest BCUT2D eigenvalue weighted by molar-refractivity contribution is 6.67. The monoisotopic (exact) mass is 544 g/mol. The van der Waals surface area contributed by atoms with Crippen molar-refractivity contribution in [3.8, 4) is 0 Å². The molecule has 4 atom stereocenters. The van der Waals surface area contributed by atoms with Crippen molar-refractivity contribution in [2.24, 2.45) is 17.3 Å². The van der Waals surface area contributed by atoms with E-state index < -0.39 is 51.7 Å². The number of halogens is 3. The van der Waals surface area contributed by atoms with Crippen molar-refractivity contribution in [1.29, 1.82) is 0 Å². The van der Waals surface area contributed by atoms with E-state index in [4.69, 9.17) is 53.8 Å². The van der Waals surface area contributed by atoms with Crippen molar-refractivity contribution in [2.75, 3.05) is 13.7 Å². The molecular weight excluding hydrogens is 507 g/mol. The Hall–Kier alpha value is -1.02. The molecule has 0 rings (SSSR count). The lowest BCUT2D eigenvalue weighted by atomic mass is 9.72. The van der Waals surface area contributed by atoms with Crippen LogP contribution in [0.25, 0.3) is 0 Å². The third-order valence-corrected chi connectivity index (χ3v) is 5.55. The summed E-state index contributed by atoms with van der Waals surface area (Å²) >= 11 is 16.9. The maximum atomic E-state index is 13.6. The number of esters is 1. The van der Waals surface area contributed by atoms with Crippen LogP contribution in [0, 0.1) is 17.3 Å². The highest BCUT2D eigenvalue weighted by Gasteiger charge is 2.45. The molecule has 0 aliphatic rings. The SMILES string of the molecule is C=C(C)C[C@H](C)[C@H](OC(=O)OCC(Cl)(Cl)Cl)[C@@H](C)C(=O)C(C)(C)[C@H](CC(=O)OC(C)(C)C)OC. The Morgan fingerprint density at radius 3 is 1.91 bits per heavy atom. The first-order valence-electron chi connectivity index (χ1n) is 11.0. The Bertz CT molecular complexity index is 723. The Kier molecular flexibility index (Phi) is 12.9. The zero-order valence-corrected chi connectivity index (χ0v) is 23.9. The highest BCUT2D eigenvalue weighted by Crippen LogP contribution is 2.35. The molecule has 0 saturated carbocycles. The fourth-order valence-corrected chi connectivity index (χ4v) is 3.89. The van der Waals surface area contributed by atoms with Gasteiger partial charge in [-0.1, -0.05) is 68.1 Å². The highest BCUT2D eigenvalue weighted by atomic mass is 35.6. The van der Waals surface area contributed by atoms with Crippen molar-refractivity contribution in [3.63, 3.8) is 0 Å². The van der Waals surface area contributed by atoms with E-state index in [9.17, 15) is 14.4 Å².